The third-order valence-electron chi connectivity index (χ3n) is 6.39. The fourth-order valence-electron chi connectivity index (χ4n) is 5.08. The molecule has 0 unspecified atom stereocenters. The number of hydrogen-bond acceptors (Lipinski definition) is 11. The topological polar surface area (TPSA) is 154 Å². The molecule has 0 fully saturated rings. The summed E-state index contributed by atoms with van der Waals surface area (Å²) in [4.78, 5) is 0. The SMILES string of the molecule is COc1cccc(OC)c1P(CCO)(O[Cl+3]([O-])([O-])[O-])(c1c(OC)cccc1OC)c1c(OC)cccc1OC. The predicted octanol–water partition coefficient (Wildman–Crippen LogP) is -0.611. The molecule has 13 heteroatoms. The summed E-state index contributed by atoms with van der Waals surface area (Å²) in [7, 11) is 2.96. The summed E-state index contributed by atoms with van der Waals surface area (Å²) in [6.45, 7) is -6.14. The van der Waals surface area contributed by atoms with E-state index in [1.165, 1.54) is 42.7 Å². The second kappa shape index (κ2) is 12.0. The Morgan fingerprint density at radius 3 is 1.00 bits per heavy atom. The molecule has 0 spiro atoms. The van der Waals surface area contributed by atoms with Crippen LogP contribution in [0.4, 0.5) is 0 Å². The first-order chi connectivity index (χ1) is 18.6. The Bertz CT molecular complexity index is 1090. The van der Waals surface area contributed by atoms with Gasteiger partial charge >= 0.3 is 229 Å². The van der Waals surface area contributed by atoms with Crippen molar-refractivity contribution >= 4 is 22.7 Å². The van der Waals surface area contributed by atoms with Gasteiger partial charge in [-0.15, -0.1) is 0 Å². The predicted molar refractivity (Wildman–Crippen MR) is 137 cm³/mol. The van der Waals surface area contributed by atoms with Crippen LogP contribution in [0, 0.1) is 10.2 Å². The van der Waals surface area contributed by atoms with Gasteiger partial charge in [-0.3, -0.25) is 0 Å². The number of halogens is 1. The van der Waals surface area contributed by atoms with E-state index in [1.54, 1.807) is 54.6 Å². The van der Waals surface area contributed by atoms with Crippen LogP contribution in [0.1, 0.15) is 0 Å². The van der Waals surface area contributed by atoms with Gasteiger partial charge in [0.2, 0.25) is 0 Å². The summed E-state index contributed by atoms with van der Waals surface area (Å²) >= 11 is 0. The van der Waals surface area contributed by atoms with E-state index in [9.17, 15) is 19.1 Å². The standard InChI is InChI=1S/C26H32ClO11P/c1-32-18-10-7-11-19(33-2)24(18)39(17-16-28,38-27(29,30)31,25-20(34-3)12-8-13-21(25)35-4)26-22(36-5)14-9-15-23(26)37-6/h7-15,28H,16-17H2,1-6H3. The molecule has 0 amide bonds. The van der Waals surface area contributed by atoms with Gasteiger partial charge in [0.25, 0.3) is 0 Å². The molecule has 1 N–H and O–H groups in total. The monoisotopic (exact) mass is 586 g/mol. The Labute approximate surface area is 229 Å². The van der Waals surface area contributed by atoms with Gasteiger partial charge in [0.1, 0.15) is 0 Å². The molecular formula is C26H32ClO11P. The van der Waals surface area contributed by atoms with Crippen LogP contribution in [0.15, 0.2) is 54.6 Å². The summed E-state index contributed by atoms with van der Waals surface area (Å²) < 4.78 is 79.2. The van der Waals surface area contributed by atoms with Crippen molar-refractivity contribution in [3.05, 3.63) is 54.6 Å². The van der Waals surface area contributed by atoms with Crippen molar-refractivity contribution in [2.45, 2.75) is 0 Å². The molecule has 39 heavy (non-hydrogen) atoms. The average molecular weight is 587 g/mol. The molecule has 0 heterocycles. The van der Waals surface area contributed by atoms with Crippen molar-refractivity contribution in [3.8, 4) is 34.5 Å². The summed E-state index contributed by atoms with van der Waals surface area (Å²) in [6, 6.07) is 14.2. The van der Waals surface area contributed by atoms with Gasteiger partial charge in [-0.25, -0.2) is 0 Å². The van der Waals surface area contributed by atoms with Crippen LogP contribution in [-0.4, -0.2) is 60.5 Å². The maximum absolute atomic E-state index is 12.9. The van der Waals surface area contributed by atoms with Gasteiger partial charge in [-0.1, -0.05) is 0 Å². The summed E-state index contributed by atoms with van der Waals surface area (Å²) in [5, 5.41) is 10.8. The van der Waals surface area contributed by atoms with Gasteiger partial charge in [-0.05, 0) is 0 Å². The Balaban J connectivity index is 2.97. The minimum absolute atomic E-state index is 0.0278. The molecule has 0 saturated carbocycles. The quantitative estimate of drug-likeness (QED) is 0.255. The fraction of sp³-hybridized carbons (Fsp3) is 0.308. The first-order valence-electron chi connectivity index (χ1n) is 11.5. The summed E-state index contributed by atoms with van der Waals surface area (Å²) in [5.74, 6) is 0.585. The molecule has 214 valence electrons. The molecule has 0 atom stereocenters. The normalized spacial score (nSPS) is 12.7. The van der Waals surface area contributed by atoms with Crippen molar-refractivity contribution < 1.29 is 61.8 Å². The Hall–Kier alpha value is -3.02. The third kappa shape index (κ3) is 5.03. The average Bonchev–Trinajstić information content (AvgIpc) is 2.94. The van der Waals surface area contributed by atoms with Crippen LogP contribution in [0.25, 0.3) is 0 Å². The van der Waals surface area contributed by atoms with Crippen LogP contribution in [0.2, 0.25) is 0 Å². The van der Waals surface area contributed by atoms with Crippen LogP contribution in [0.5, 0.6) is 34.5 Å². The second-order valence-corrected chi connectivity index (χ2v) is 13.7. The van der Waals surface area contributed by atoms with Crippen molar-refractivity contribution in [1.29, 1.82) is 0 Å². The van der Waals surface area contributed by atoms with Crippen molar-refractivity contribution in [1.82, 2.24) is 0 Å². The minimum atomic E-state index is -5.46. The zero-order valence-corrected chi connectivity index (χ0v) is 24.1. The van der Waals surface area contributed by atoms with Crippen LogP contribution >= 0.6 is 6.83 Å². The van der Waals surface area contributed by atoms with E-state index in [1.807, 2.05) is 0 Å². The summed E-state index contributed by atoms with van der Waals surface area (Å²) in [6.07, 6.45) is -0.482. The Kier molecular flexibility index (Phi) is 9.40. The first-order valence-corrected chi connectivity index (χ1v) is 15.1. The van der Waals surface area contributed by atoms with Gasteiger partial charge in [-0.2, -0.15) is 0 Å². The van der Waals surface area contributed by atoms with E-state index in [-0.39, 0.29) is 50.4 Å². The summed E-state index contributed by atoms with van der Waals surface area (Å²) in [5.41, 5.74) is 0. The van der Waals surface area contributed by atoms with Crippen LogP contribution in [-0.2, 0) is 4.08 Å². The van der Waals surface area contributed by atoms with Crippen molar-refractivity contribution in [2.24, 2.45) is 0 Å². The fourth-order valence-corrected chi connectivity index (χ4v) is 13.2. The van der Waals surface area contributed by atoms with E-state index < -0.39 is 29.8 Å². The number of hydrogen-bond donors (Lipinski definition) is 1. The van der Waals surface area contributed by atoms with E-state index in [0.717, 1.165) is 0 Å². The second-order valence-electron chi connectivity index (χ2n) is 8.14. The molecule has 0 aliphatic carbocycles. The molecule has 0 bridgehead atoms. The molecule has 3 aromatic rings. The number of ether oxygens (including phenoxy) is 6. The zero-order valence-electron chi connectivity index (χ0n) is 22.5. The molecule has 0 aromatic heterocycles. The molecule has 3 rings (SSSR count). The van der Waals surface area contributed by atoms with Gasteiger partial charge in [0, 0.05) is 0 Å². The molecule has 3 aromatic carbocycles. The number of rotatable bonds is 13. The first kappa shape index (κ1) is 30.5. The number of aliphatic hydroxyl groups is 1. The molecule has 0 saturated heterocycles. The van der Waals surface area contributed by atoms with Gasteiger partial charge in [0.15, 0.2) is 0 Å². The van der Waals surface area contributed by atoms with E-state index in [2.05, 4.69) is 0 Å². The number of aliphatic hydroxyl groups excluding tert-OH is 1. The number of benzene rings is 3. The Morgan fingerprint density at radius 2 is 0.821 bits per heavy atom. The van der Waals surface area contributed by atoms with Crippen LogP contribution in [0.3, 0.4) is 0 Å². The van der Waals surface area contributed by atoms with Crippen LogP contribution < -0.4 is 58.3 Å². The van der Waals surface area contributed by atoms with E-state index in [4.69, 9.17) is 32.5 Å². The molecule has 0 radical (unpaired) electrons. The molecular weight excluding hydrogens is 555 g/mol. The molecule has 0 aliphatic rings. The van der Waals surface area contributed by atoms with Gasteiger partial charge in [0.05, 0.1) is 0 Å². The van der Waals surface area contributed by atoms with E-state index >= 15 is 0 Å². The van der Waals surface area contributed by atoms with E-state index in [0.29, 0.717) is 0 Å². The number of methoxy groups -OCH3 is 6. The van der Waals surface area contributed by atoms with Crippen molar-refractivity contribution in [3.63, 3.8) is 0 Å². The Morgan fingerprint density at radius 1 is 0.564 bits per heavy atom. The van der Waals surface area contributed by atoms with Gasteiger partial charge < -0.3 is 0 Å². The maximum atomic E-state index is 12.9. The third-order valence-corrected chi connectivity index (χ3v) is 13.5. The molecule has 11 nitrogen and oxygen atoms in total. The van der Waals surface area contributed by atoms with Crippen molar-refractivity contribution in [2.75, 3.05) is 55.4 Å². The molecule has 0 aliphatic heterocycles. The zero-order chi connectivity index (χ0) is 28.9.